The molecule has 0 aromatic heterocycles. The van der Waals surface area contributed by atoms with Crippen LogP contribution in [0.2, 0.25) is 0 Å². The number of hydrogen-bond acceptors (Lipinski definition) is 2. The minimum absolute atomic E-state index is 0.0832. The fourth-order valence-electron chi connectivity index (χ4n) is 1.27. The summed E-state index contributed by atoms with van der Waals surface area (Å²) in [6, 6.07) is 0.251. The molecule has 70 valence electrons. The molecule has 1 atom stereocenters. The molecule has 3 nitrogen and oxygen atoms in total. The van der Waals surface area contributed by atoms with Crippen molar-refractivity contribution < 1.29 is 9.53 Å². The van der Waals surface area contributed by atoms with Gasteiger partial charge in [-0.15, -0.1) is 0 Å². The highest BCUT2D eigenvalue weighted by atomic mass is 16.6. The Labute approximate surface area is 73.7 Å². The van der Waals surface area contributed by atoms with Gasteiger partial charge in [-0.3, -0.25) is 0 Å². The fraction of sp³-hybridized carbons (Fsp3) is 0.889. The standard InChI is InChI=1S/C9H17NO2/c1-6(2)8-5-10(7(3)4)9(11)12-8/h6-8H,5H2,1-4H3. The van der Waals surface area contributed by atoms with Crippen LogP contribution >= 0.6 is 0 Å². The van der Waals surface area contributed by atoms with E-state index < -0.39 is 0 Å². The van der Waals surface area contributed by atoms with Crippen LogP contribution in [0.1, 0.15) is 27.7 Å². The normalized spacial score (nSPS) is 24.0. The van der Waals surface area contributed by atoms with Crippen molar-refractivity contribution in [2.45, 2.75) is 39.8 Å². The fourth-order valence-corrected chi connectivity index (χ4v) is 1.27. The second-order valence-electron chi connectivity index (χ2n) is 3.91. The Morgan fingerprint density at radius 2 is 2.00 bits per heavy atom. The maximum atomic E-state index is 11.2. The molecule has 1 unspecified atom stereocenters. The molecular weight excluding hydrogens is 154 g/mol. The number of ether oxygens (including phenoxy) is 1. The summed E-state index contributed by atoms with van der Waals surface area (Å²) in [5.74, 6) is 0.415. The van der Waals surface area contributed by atoms with E-state index >= 15 is 0 Å². The largest absolute Gasteiger partial charge is 0.444 e. The maximum Gasteiger partial charge on any atom is 0.410 e. The van der Waals surface area contributed by atoms with Gasteiger partial charge in [-0.1, -0.05) is 13.8 Å². The minimum Gasteiger partial charge on any atom is -0.444 e. The summed E-state index contributed by atoms with van der Waals surface area (Å²) in [5, 5.41) is 0. The van der Waals surface area contributed by atoms with Gasteiger partial charge in [0.05, 0.1) is 6.54 Å². The second-order valence-corrected chi connectivity index (χ2v) is 3.91. The van der Waals surface area contributed by atoms with E-state index in [0.29, 0.717) is 5.92 Å². The lowest BCUT2D eigenvalue weighted by molar-refractivity contribution is 0.111. The third kappa shape index (κ3) is 1.71. The smallest absolute Gasteiger partial charge is 0.410 e. The molecule has 1 rings (SSSR count). The van der Waals surface area contributed by atoms with Gasteiger partial charge in [0.15, 0.2) is 0 Å². The molecule has 0 N–H and O–H groups in total. The monoisotopic (exact) mass is 171 g/mol. The second kappa shape index (κ2) is 3.33. The van der Waals surface area contributed by atoms with Crippen LogP contribution < -0.4 is 0 Å². The third-order valence-corrected chi connectivity index (χ3v) is 2.23. The van der Waals surface area contributed by atoms with Crippen LogP contribution in [-0.4, -0.2) is 29.7 Å². The number of carbonyl (C=O) groups excluding carboxylic acids is 1. The van der Waals surface area contributed by atoms with Crippen LogP contribution in [0.25, 0.3) is 0 Å². The Bertz CT molecular complexity index is 177. The van der Waals surface area contributed by atoms with Crippen LogP contribution in [0.4, 0.5) is 4.79 Å². The lowest BCUT2D eigenvalue weighted by Gasteiger charge is -2.17. The maximum absolute atomic E-state index is 11.2. The predicted octanol–water partition coefficient (Wildman–Crippen LogP) is 1.87. The first-order valence-corrected chi connectivity index (χ1v) is 4.49. The zero-order chi connectivity index (χ0) is 9.30. The molecule has 0 bridgehead atoms. The molecule has 0 saturated carbocycles. The van der Waals surface area contributed by atoms with E-state index in [1.54, 1.807) is 4.90 Å². The Kier molecular flexibility index (Phi) is 2.60. The van der Waals surface area contributed by atoms with Crippen LogP contribution in [0.5, 0.6) is 0 Å². The number of hydrogen-bond donors (Lipinski definition) is 0. The van der Waals surface area contributed by atoms with Crippen molar-refractivity contribution in [2.24, 2.45) is 5.92 Å². The molecule has 1 fully saturated rings. The number of amides is 1. The van der Waals surface area contributed by atoms with E-state index in [1.165, 1.54) is 0 Å². The average molecular weight is 171 g/mol. The van der Waals surface area contributed by atoms with E-state index in [2.05, 4.69) is 13.8 Å². The van der Waals surface area contributed by atoms with E-state index in [9.17, 15) is 4.79 Å². The topological polar surface area (TPSA) is 29.5 Å². The van der Waals surface area contributed by atoms with Gasteiger partial charge in [0.2, 0.25) is 0 Å². The van der Waals surface area contributed by atoms with E-state index in [0.717, 1.165) is 6.54 Å². The first kappa shape index (κ1) is 9.36. The number of nitrogens with zero attached hydrogens (tertiary/aromatic N) is 1. The summed E-state index contributed by atoms with van der Waals surface area (Å²) < 4.78 is 5.18. The van der Waals surface area contributed by atoms with E-state index in [4.69, 9.17) is 4.74 Å². The van der Waals surface area contributed by atoms with Gasteiger partial charge >= 0.3 is 6.09 Å². The third-order valence-electron chi connectivity index (χ3n) is 2.23. The lowest BCUT2D eigenvalue weighted by atomic mass is 10.1. The van der Waals surface area contributed by atoms with Gasteiger partial charge in [-0.05, 0) is 19.8 Å². The highest BCUT2D eigenvalue weighted by molar-refractivity contribution is 5.70. The highest BCUT2D eigenvalue weighted by Gasteiger charge is 2.34. The molecule has 12 heavy (non-hydrogen) atoms. The van der Waals surface area contributed by atoms with Crippen molar-refractivity contribution >= 4 is 6.09 Å². The molecule has 1 amide bonds. The summed E-state index contributed by atoms with van der Waals surface area (Å²) in [6.45, 7) is 8.89. The molecule has 0 aliphatic carbocycles. The first-order chi connectivity index (χ1) is 5.52. The van der Waals surface area contributed by atoms with E-state index in [1.807, 2.05) is 13.8 Å². The van der Waals surface area contributed by atoms with Crippen molar-refractivity contribution in [2.75, 3.05) is 6.54 Å². The summed E-state index contributed by atoms with van der Waals surface area (Å²) in [5.41, 5.74) is 0. The summed E-state index contributed by atoms with van der Waals surface area (Å²) >= 11 is 0. The zero-order valence-corrected chi connectivity index (χ0v) is 8.20. The first-order valence-electron chi connectivity index (χ1n) is 4.49. The summed E-state index contributed by atoms with van der Waals surface area (Å²) in [4.78, 5) is 13.0. The van der Waals surface area contributed by atoms with Gasteiger partial charge in [-0.25, -0.2) is 4.79 Å². The highest BCUT2D eigenvalue weighted by Crippen LogP contribution is 2.19. The van der Waals surface area contributed by atoms with Crippen molar-refractivity contribution in [1.29, 1.82) is 0 Å². The number of carbonyl (C=O) groups is 1. The van der Waals surface area contributed by atoms with Gasteiger partial charge in [-0.2, -0.15) is 0 Å². The summed E-state index contributed by atoms with van der Waals surface area (Å²) in [6.07, 6.45) is -0.0800. The zero-order valence-electron chi connectivity index (χ0n) is 8.20. The average Bonchev–Trinajstić information content (AvgIpc) is 2.30. The predicted molar refractivity (Wildman–Crippen MR) is 46.9 cm³/mol. The van der Waals surface area contributed by atoms with Gasteiger partial charge in [0.1, 0.15) is 6.10 Å². The number of rotatable bonds is 2. The van der Waals surface area contributed by atoms with Gasteiger partial charge in [0, 0.05) is 6.04 Å². The van der Waals surface area contributed by atoms with E-state index in [-0.39, 0.29) is 18.2 Å². The molecule has 1 aliphatic heterocycles. The number of cyclic esters (lactones) is 1. The molecular formula is C9H17NO2. The molecule has 3 heteroatoms. The molecule has 0 spiro atoms. The van der Waals surface area contributed by atoms with Crippen LogP contribution in [0.15, 0.2) is 0 Å². The molecule has 0 radical (unpaired) electrons. The molecule has 0 aromatic carbocycles. The van der Waals surface area contributed by atoms with Gasteiger partial charge in [0.25, 0.3) is 0 Å². The summed E-state index contributed by atoms with van der Waals surface area (Å²) in [7, 11) is 0. The quantitative estimate of drug-likeness (QED) is 0.634. The van der Waals surface area contributed by atoms with Crippen molar-refractivity contribution in [3.05, 3.63) is 0 Å². The SMILES string of the molecule is CC(C)C1CN(C(C)C)C(=O)O1. The molecule has 0 aromatic rings. The van der Waals surface area contributed by atoms with Crippen LogP contribution in [0, 0.1) is 5.92 Å². The van der Waals surface area contributed by atoms with Crippen molar-refractivity contribution in [1.82, 2.24) is 4.90 Å². The Morgan fingerprint density at radius 3 is 2.25 bits per heavy atom. The lowest BCUT2D eigenvalue weighted by Crippen LogP contribution is -2.32. The van der Waals surface area contributed by atoms with Crippen LogP contribution in [0.3, 0.4) is 0 Å². The van der Waals surface area contributed by atoms with Crippen molar-refractivity contribution in [3.8, 4) is 0 Å². The minimum atomic E-state index is -0.163. The molecule has 1 heterocycles. The molecule has 1 aliphatic rings. The Morgan fingerprint density at radius 1 is 1.42 bits per heavy atom. The van der Waals surface area contributed by atoms with Gasteiger partial charge < -0.3 is 9.64 Å². The Hall–Kier alpha value is -0.730. The molecule has 1 saturated heterocycles. The van der Waals surface area contributed by atoms with Crippen molar-refractivity contribution in [3.63, 3.8) is 0 Å². The van der Waals surface area contributed by atoms with Crippen LogP contribution in [-0.2, 0) is 4.74 Å². The Balaban J connectivity index is 2.56.